The summed E-state index contributed by atoms with van der Waals surface area (Å²) < 4.78 is 18.4. The summed E-state index contributed by atoms with van der Waals surface area (Å²) >= 11 is -2.64. The molecule has 0 aromatic heterocycles. The average molecular weight is 148 g/mol. The van der Waals surface area contributed by atoms with Crippen LogP contribution >= 0.6 is 0 Å². The summed E-state index contributed by atoms with van der Waals surface area (Å²) in [5, 5.41) is 0. The van der Waals surface area contributed by atoms with E-state index in [1.165, 1.54) is 0 Å². The predicted octanol–water partition coefficient (Wildman–Crippen LogP) is -0.350. The van der Waals surface area contributed by atoms with Crippen LogP contribution in [0.5, 0.6) is 0 Å². The van der Waals surface area contributed by atoms with Crippen LogP contribution in [0.2, 0.25) is 0 Å². The summed E-state index contributed by atoms with van der Waals surface area (Å²) in [5.41, 5.74) is 0. The van der Waals surface area contributed by atoms with Crippen LogP contribution in [0.4, 0.5) is 1.92 Å². The Morgan fingerprint density at radius 3 is 1.75 bits per heavy atom. The summed E-state index contributed by atoms with van der Waals surface area (Å²) in [4.78, 5) is 0. The van der Waals surface area contributed by atoms with Crippen molar-refractivity contribution >= 4 is 29.6 Å². The molecule has 0 saturated carbocycles. The Morgan fingerprint density at radius 1 is 1.75 bits per heavy atom. The molecule has 0 aliphatic rings. The topological polar surface area (TPSA) is 17.1 Å². The van der Waals surface area contributed by atoms with E-state index in [-0.39, 0.29) is 29.6 Å². The van der Waals surface area contributed by atoms with Gasteiger partial charge in [-0.2, -0.15) is 0 Å². The van der Waals surface area contributed by atoms with E-state index in [2.05, 4.69) is 0 Å². The molecule has 4 heteroatoms. The molecule has 0 bridgehead atoms. The molecule has 0 amide bonds. The van der Waals surface area contributed by atoms with Crippen LogP contribution in [0, 0.1) is 0 Å². The minimum absolute atomic E-state index is 0. The molecule has 0 radical (unpaired) electrons. The molecular formula is HFNaOY. The van der Waals surface area contributed by atoms with E-state index >= 15 is 0 Å². The Bertz CT molecular complexity index is 15.5. The fourth-order valence-corrected chi connectivity index (χ4v) is 0. The Hall–Kier alpha value is 1.83. The van der Waals surface area contributed by atoms with Gasteiger partial charge in [-0.3, -0.25) is 0 Å². The maximum absolute atomic E-state index is 9.93. The van der Waals surface area contributed by atoms with Gasteiger partial charge in [0.15, 0.2) is 0 Å². The molecule has 0 fully saturated rings. The minimum atomic E-state index is -2.64. The molecule has 0 unspecified atom stereocenters. The van der Waals surface area contributed by atoms with Gasteiger partial charge in [-0.25, -0.2) is 0 Å². The van der Waals surface area contributed by atoms with E-state index < -0.39 is 30.0 Å². The third kappa shape index (κ3) is 9.16. The normalized spacial score (nSPS) is 2.25. The molecule has 0 aromatic rings. The van der Waals surface area contributed by atoms with Crippen LogP contribution in [0.25, 0.3) is 0 Å². The van der Waals surface area contributed by atoms with Crippen molar-refractivity contribution in [3.8, 4) is 0 Å². The van der Waals surface area contributed by atoms with Crippen LogP contribution in [0.15, 0.2) is 0 Å². The molecular weight excluding hydrogens is 147 g/mol. The summed E-state index contributed by atoms with van der Waals surface area (Å²) in [6, 6.07) is 0. The van der Waals surface area contributed by atoms with Gasteiger partial charge >= 0.3 is 63.5 Å². The standard InChI is InChI=1S/FH.Na.O.Y.H/h1H;;;;/q;;;+1;/p-1. The Morgan fingerprint density at radius 2 is 1.75 bits per heavy atom. The van der Waals surface area contributed by atoms with E-state index in [1.807, 2.05) is 0 Å². The zero-order valence-electron chi connectivity index (χ0n) is 1.36. The maximum atomic E-state index is 9.93. The van der Waals surface area contributed by atoms with E-state index in [0.29, 0.717) is 0 Å². The first-order chi connectivity index (χ1) is 1.41. The summed E-state index contributed by atoms with van der Waals surface area (Å²) in [6.07, 6.45) is 0. The van der Waals surface area contributed by atoms with E-state index in [1.54, 1.807) is 0 Å². The molecule has 0 atom stereocenters. The van der Waals surface area contributed by atoms with Crippen molar-refractivity contribution in [3.63, 3.8) is 0 Å². The predicted molar refractivity (Wildman–Crippen MR) is 8.94 cm³/mol. The second-order valence-corrected chi connectivity index (χ2v) is 0.527. The van der Waals surface area contributed by atoms with Gasteiger partial charge in [0.25, 0.3) is 0 Å². The SMILES string of the molecule is [NaH].[O]=[Y][F]. The van der Waals surface area contributed by atoms with Gasteiger partial charge in [0.1, 0.15) is 0 Å². The molecule has 1 nitrogen and oxygen atoms in total. The van der Waals surface area contributed by atoms with Crippen molar-refractivity contribution in [1.82, 2.24) is 0 Å². The molecule has 0 aliphatic carbocycles. The zero-order valence-corrected chi connectivity index (χ0v) is 4.20. The van der Waals surface area contributed by atoms with Gasteiger partial charge in [-0.15, -0.1) is 0 Å². The Balaban J connectivity index is 0. The molecule has 0 aromatic carbocycles. The van der Waals surface area contributed by atoms with Crippen molar-refractivity contribution in [2.24, 2.45) is 0 Å². The van der Waals surface area contributed by atoms with Crippen LogP contribution in [-0.2, 0) is 32.0 Å². The van der Waals surface area contributed by atoms with Crippen molar-refractivity contribution in [3.05, 3.63) is 0 Å². The van der Waals surface area contributed by atoms with Gasteiger partial charge in [0.2, 0.25) is 0 Å². The number of rotatable bonds is 0. The first-order valence-electron chi connectivity index (χ1n) is 0.454. The number of hydrogen-bond donors (Lipinski definition) is 0. The van der Waals surface area contributed by atoms with Crippen molar-refractivity contribution in [2.45, 2.75) is 0 Å². The molecule has 0 N–H and O–H groups in total. The third-order valence-corrected chi connectivity index (χ3v) is 0. The van der Waals surface area contributed by atoms with Gasteiger partial charge in [0, 0.05) is 0 Å². The summed E-state index contributed by atoms with van der Waals surface area (Å²) in [6.45, 7) is 0. The van der Waals surface area contributed by atoms with Gasteiger partial charge < -0.3 is 0 Å². The van der Waals surface area contributed by atoms with Crippen molar-refractivity contribution in [2.75, 3.05) is 0 Å². The quantitative estimate of drug-likeness (QED) is 0.429. The van der Waals surface area contributed by atoms with Crippen molar-refractivity contribution in [1.29, 1.82) is 0 Å². The van der Waals surface area contributed by atoms with Gasteiger partial charge in [0.05, 0.1) is 0 Å². The summed E-state index contributed by atoms with van der Waals surface area (Å²) in [5.74, 6) is 0. The zero-order chi connectivity index (χ0) is 2.71. The van der Waals surface area contributed by atoms with Gasteiger partial charge in [-0.05, 0) is 0 Å². The Kier molecular flexibility index (Phi) is 20.5. The second kappa shape index (κ2) is 8.85. The molecule has 0 saturated heterocycles. The number of halogens is 1. The van der Waals surface area contributed by atoms with E-state index in [9.17, 15) is 1.92 Å². The number of hydrogen-bond acceptors (Lipinski definition) is 1. The van der Waals surface area contributed by atoms with Crippen LogP contribution in [0.1, 0.15) is 0 Å². The van der Waals surface area contributed by atoms with Crippen LogP contribution < -0.4 is 0 Å². The van der Waals surface area contributed by atoms with Crippen molar-refractivity contribution < 1.29 is 33.9 Å². The van der Waals surface area contributed by atoms with E-state index in [0.717, 1.165) is 0 Å². The molecule has 18 valence electrons. The first-order valence-corrected chi connectivity index (χ1v) is 2.69. The molecule has 0 rings (SSSR count). The molecule has 0 aliphatic heterocycles. The fourth-order valence-electron chi connectivity index (χ4n) is 0. The molecule has 4 heavy (non-hydrogen) atoms. The van der Waals surface area contributed by atoms with Crippen LogP contribution in [-0.4, -0.2) is 29.6 Å². The second-order valence-electron chi connectivity index (χ2n) is 0.0891. The molecule has 0 spiro atoms. The fraction of sp³-hybridized carbons (Fsp3) is 0. The van der Waals surface area contributed by atoms with E-state index in [4.69, 9.17) is 2.04 Å². The average Bonchev–Trinajstić information content (AvgIpc) is 0.918. The van der Waals surface area contributed by atoms with Gasteiger partial charge in [-0.1, -0.05) is 0 Å². The first kappa shape index (κ1) is 9.27. The molecule has 0 heterocycles. The third-order valence-electron chi connectivity index (χ3n) is 0. The summed E-state index contributed by atoms with van der Waals surface area (Å²) in [7, 11) is 0. The monoisotopic (exact) mass is 148 g/mol. The van der Waals surface area contributed by atoms with Crippen LogP contribution in [0.3, 0.4) is 0 Å². The Labute approximate surface area is 62.4 Å².